The Labute approximate surface area is 116 Å². The van der Waals surface area contributed by atoms with Crippen molar-refractivity contribution in [2.45, 2.75) is 25.7 Å². The molecule has 0 spiro atoms. The lowest BCUT2D eigenvalue weighted by Gasteiger charge is -2.15. The standard InChI is InChI=1S/C10H14F4N4OS/c1-2-3-16-9-18-6(15)5(20-9)7(19)17-4-10(13,14)8(11)12/h8H,2-4,15H2,1H3,(H,16,18)(H,17,19). The first-order valence-corrected chi connectivity index (χ1v) is 6.54. The van der Waals surface area contributed by atoms with Crippen molar-refractivity contribution < 1.29 is 22.4 Å². The third kappa shape index (κ3) is 4.22. The predicted octanol–water partition coefficient (Wildman–Crippen LogP) is 2.18. The molecule has 0 saturated heterocycles. The van der Waals surface area contributed by atoms with Gasteiger partial charge in [-0.1, -0.05) is 18.3 Å². The van der Waals surface area contributed by atoms with Gasteiger partial charge in [0.15, 0.2) is 5.13 Å². The zero-order valence-electron chi connectivity index (χ0n) is 10.6. The average Bonchev–Trinajstić information content (AvgIpc) is 2.74. The minimum atomic E-state index is -4.28. The number of anilines is 2. The van der Waals surface area contributed by atoms with Crippen molar-refractivity contribution in [2.24, 2.45) is 0 Å². The largest absolute Gasteiger partial charge is 0.382 e. The predicted molar refractivity (Wildman–Crippen MR) is 68.6 cm³/mol. The Balaban J connectivity index is 2.66. The molecule has 1 aromatic rings. The van der Waals surface area contributed by atoms with Crippen molar-refractivity contribution in [1.82, 2.24) is 10.3 Å². The summed E-state index contributed by atoms with van der Waals surface area (Å²) in [5.41, 5.74) is 5.48. The normalized spacial score (nSPS) is 11.7. The van der Waals surface area contributed by atoms with E-state index in [4.69, 9.17) is 5.73 Å². The molecule has 0 saturated carbocycles. The fraction of sp³-hybridized carbons (Fsp3) is 0.600. The fourth-order valence-corrected chi connectivity index (χ4v) is 1.98. The number of thiazole rings is 1. The highest BCUT2D eigenvalue weighted by atomic mass is 32.1. The second kappa shape index (κ2) is 6.73. The summed E-state index contributed by atoms with van der Waals surface area (Å²) < 4.78 is 49.2. The number of amides is 1. The van der Waals surface area contributed by atoms with Crippen LogP contribution in [0.1, 0.15) is 23.0 Å². The Kier molecular flexibility index (Phi) is 5.54. The Bertz CT molecular complexity index is 466. The van der Waals surface area contributed by atoms with Gasteiger partial charge >= 0.3 is 12.3 Å². The number of aromatic nitrogens is 1. The van der Waals surface area contributed by atoms with E-state index in [2.05, 4.69) is 10.3 Å². The molecule has 5 nitrogen and oxygen atoms in total. The van der Waals surface area contributed by atoms with E-state index in [9.17, 15) is 22.4 Å². The number of rotatable bonds is 7. The number of hydrogen-bond acceptors (Lipinski definition) is 5. The van der Waals surface area contributed by atoms with Crippen molar-refractivity contribution in [3.05, 3.63) is 4.88 Å². The summed E-state index contributed by atoms with van der Waals surface area (Å²) >= 11 is 0.875. The molecule has 0 fully saturated rings. The Morgan fingerprint density at radius 3 is 2.70 bits per heavy atom. The van der Waals surface area contributed by atoms with Gasteiger partial charge in [-0.2, -0.15) is 8.78 Å². The van der Waals surface area contributed by atoms with Gasteiger partial charge in [-0.25, -0.2) is 13.8 Å². The summed E-state index contributed by atoms with van der Waals surface area (Å²) in [7, 11) is 0. The lowest BCUT2D eigenvalue weighted by atomic mass is 10.3. The number of nitrogens with one attached hydrogen (secondary N) is 2. The minimum absolute atomic E-state index is 0.0892. The number of hydrogen-bond donors (Lipinski definition) is 3. The number of halogens is 4. The third-order valence-corrected chi connectivity index (χ3v) is 3.22. The monoisotopic (exact) mass is 314 g/mol. The van der Waals surface area contributed by atoms with E-state index in [-0.39, 0.29) is 10.7 Å². The van der Waals surface area contributed by atoms with Gasteiger partial charge in [-0.15, -0.1) is 0 Å². The van der Waals surface area contributed by atoms with Crippen LogP contribution >= 0.6 is 11.3 Å². The average molecular weight is 314 g/mol. The van der Waals surface area contributed by atoms with Crippen LogP contribution in [0, 0.1) is 0 Å². The maximum atomic E-state index is 12.7. The molecule has 20 heavy (non-hydrogen) atoms. The van der Waals surface area contributed by atoms with Gasteiger partial charge in [0.05, 0.1) is 6.54 Å². The van der Waals surface area contributed by atoms with E-state index in [1.54, 1.807) is 5.32 Å². The molecule has 1 amide bonds. The van der Waals surface area contributed by atoms with Crippen molar-refractivity contribution in [3.8, 4) is 0 Å². The van der Waals surface area contributed by atoms with E-state index in [1.165, 1.54) is 0 Å². The number of carbonyl (C=O) groups is 1. The van der Waals surface area contributed by atoms with Gasteiger partial charge in [-0.3, -0.25) is 4.79 Å². The number of nitrogens with zero attached hydrogens (tertiary/aromatic N) is 1. The lowest BCUT2D eigenvalue weighted by Crippen LogP contribution is -2.41. The molecule has 0 unspecified atom stereocenters. The van der Waals surface area contributed by atoms with Gasteiger partial charge in [-0.05, 0) is 6.42 Å². The highest BCUT2D eigenvalue weighted by Gasteiger charge is 2.41. The van der Waals surface area contributed by atoms with Gasteiger partial charge in [0.25, 0.3) is 5.91 Å². The van der Waals surface area contributed by atoms with Crippen LogP contribution in [-0.4, -0.2) is 36.3 Å². The number of alkyl halides is 4. The fourth-order valence-electron chi connectivity index (χ4n) is 1.16. The van der Waals surface area contributed by atoms with Gasteiger partial charge < -0.3 is 16.4 Å². The Morgan fingerprint density at radius 1 is 1.50 bits per heavy atom. The molecule has 0 aliphatic carbocycles. The Hall–Kier alpha value is -1.58. The summed E-state index contributed by atoms with van der Waals surface area (Å²) in [6.45, 7) is 1.07. The molecule has 0 radical (unpaired) electrons. The molecule has 0 atom stereocenters. The van der Waals surface area contributed by atoms with Crippen molar-refractivity contribution >= 4 is 28.2 Å². The van der Waals surface area contributed by atoms with Crippen LogP contribution in [0.15, 0.2) is 0 Å². The first-order chi connectivity index (χ1) is 9.27. The van der Waals surface area contributed by atoms with Gasteiger partial charge in [0, 0.05) is 6.54 Å². The van der Waals surface area contributed by atoms with E-state index in [0.717, 1.165) is 17.8 Å². The molecule has 0 aliphatic rings. The summed E-state index contributed by atoms with van der Waals surface area (Å²) in [4.78, 5) is 15.3. The quantitative estimate of drug-likeness (QED) is 0.674. The van der Waals surface area contributed by atoms with Crippen LogP contribution in [0.4, 0.5) is 28.5 Å². The summed E-state index contributed by atoms with van der Waals surface area (Å²) in [6, 6.07) is 0. The molecule has 1 aromatic heterocycles. The van der Waals surface area contributed by atoms with E-state index < -0.39 is 24.8 Å². The lowest BCUT2D eigenvalue weighted by molar-refractivity contribution is -0.123. The van der Waals surface area contributed by atoms with Crippen LogP contribution in [0.25, 0.3) is 0 Å². The molecule has 114 valence electrons. The van der Waals surface area contributed by atoms with E-state index >= 15 is 0 Å². The van der Waals surface area contributed by atoms with Gasteiger partial charge in [0.1, 0.15) is 10.7 Å². The highest BCUT2D eigenvalue weighted by molar-refractivity contribution is 7.18. The van der Waals surface area contributed by atoms with Gasteiger partial charge in [0.2, 0.25) is 0 Å². The van der Waals surface area contributed by atoms with Crippen molar-refractivity contribution in [1.29, 1.82) is 0 Å². The summed E-state index contributed by atoms with van der Waals surface area (Å²) in [6.07, 6.45) is -3.02. The summed E-state index contributed by atoms with van der Waals surface area (Å²) in [5, 5.41) is 4.98. The first-order valence-electron chi connectivity index (χ1n) is 5.72. The van der Waals surface area contributed by atoms with Crippen LogP contribution in [0.5, 0.6) is 0 Å². The number of carbonyl (C=O) groups excluding carboxylic acids is 1. The van der Waals surface area contributed by atoms with Crippen molar-refractivity contribution in [3.63, 3.8) is 0 Å². The smallest absolute Gasteiger partial charge is 0.324 e. The molecule has 4 N–H and O–H groups in total. The van der Waals surface area contributed by atoms with E-state index in [0.29, 0.717) is 11.7 Å². The molecule has 10 heteroatoms. The number of nitrogen functional groups attached to an aromatic ring is 1. The van der Waals surface area contributed by atoms with Crippen LogP contribution in [0.2, 0.25) is 0 Å². The zero-order chi connectivity index (χ0) is 15.3. The maximum absolute atomic E-state index is 12.7. The zero-order valence-corrected chi connectivity index (χ0v) is 11.4. The van der Waals surface area contributed by atoms with E-state index in [1.807, 2.05) is 6.92 Å². The molecule has 1 rings (SSSR count). The van der Waals surface area contributed by atoms with Crippen LogP contribution in [-0.2, 0) is 0 Å². The number of nitrogens with two attached hydrogens (primary N) is 1. The molecule has 0 bridgehead atoms. The molecular weight excluding hydrogens is 300 g/mol. The van der Waals surface area contributed by atoms with Crippen LogP contribution < -0.4 is 16.4 Å². The first kappa shape index (κ1) is 16.5. The second-order valence-corrected chi connectivity index (χ2v) is 4.90. The summed E-state index contributed by atoms with van der Waals surface area (Å²) in [5.74, 6) is -5.37. The minimum Gasteiger partial charge on any atom is -0.382 e. The third-order valence-electron chi connectivity index (χ3n) is 2.19. The molecule has 1 heterocycles. The van der Waals surface area contributed by atoms with Crippen molar-refractivity contribution in [2.75, 3.05) is 24.1 Å². The Morgan fingerprint density at radius 2 is 2.15 bits per heavy atom. The second-order valence-electron chi connectivity index (χ2n) is 3.90. The maximum Gasteiger partial charge on any atom is 0.324 e. The topological polar surface area (TPSA) is 80.0 Å². The highest BCUT2D eigenvalue weighted by Crippen LogP contribution is 2.26. The SMILES string of the molecule is CCCNc1nc(N)c(C(=O)NCC(F)(F)C(F)F)s1. The molecule has 0 aliphatic heterocycles. The molecular formula is C10H14F4N4OS. The molecule has 0 aromatic carbocycles. The van der Waals surface area contributed by atoms with Crippen LogP contribution in [0.3, 0.4) is 0 Å².